The molecular weight excluding hydrogens is 170 g/mol. The number of nitrogens with one attached hydrogen (secondary N) is 1. The molecule has 0 radical (unpaired) electrons. The van der Waals surface area contributed by atoms with Gasteiger partial charge in [-0.2, -0.15) is 0 Å². The van der Waals surface area contributed by atoms with Gasteiger partial charge in [-0.05, 0) is 48.8 Å². The zero-order valence-electron chi connectivity index (χ0n) is 8.72. The van der Waals surface area contributed by atoms with Crippen LogP contribution in [-0.4, -0.2) is 6.04 Å². The van der Waals surface area contributed by atoms with Crippen molar-refractivity contribution in [3.63, 3.8) is 0 Å². The van der Waals surface area contributed by atoms with Gasteiger partial charge in [-0.1, -0.05) is 18.2 Å². The largest absolute Gasteiger partial charge is 0.310 e. The highest BCUT2D eigenvalue weighted by molar-refractivity contribution is 5.41. The lowest BCUT2D eigenvalue weighted by atomic mass is 9.90. The van der Waals surface area contributed by atoms with Gasteiger partial charge in [0.2, 0.25) is 0 Å². The van der Waals surface area contributed by atoms with Crippen LogP contribution in [0.25, 0.3) is 0 Å². The van der Waals surface area contributed by atoms with E-state index in [1.54, 1.807) is 11.1 Å². The summed E-state index contributed by atoms with van der Waals surface area (Å²) in [7, 11) is 0. The fraction of sp³-hybridized carbons (Fsp3) is 0.538. The van der Waals surface area contributed by atoms with Gasteiger partial charge in [0.05, 0.1) is 0 Å². The van der Waals surface area contributed by atoms with Crippen LogP contribution in [0.4, 0.5) is 0 Å². The Labute approximate surface area is 85.5 Å². The Kier molecular flexibility index (Phi) is 1.88. The summed E-state index contributed by atoms with van der Waals surface area (Å²) in [5, 5.41) is 3.52. The third kappa shape index (κ3) is 1.36. The minimum Gasteiger partial charge on any atom is -0.310 e. The van der Waals surface area contributed by atoms with Gasteiger partial charge in [0.25, 0.3) is 0 Å². The van der Waals surface area contributed by atoms with Crippen molar-refractivity contribution in [1.29, 1.82) is 0 Å². The normalized spacial score (nSPS) is 25.9. The van der Waals surface area contributed by atoms with E-state index in [-0.39, 0.29) is 0 Å². The van der Waals surface area contributed by atoms with E-state index >= 15 is 0 Å². The standard InChI is InChI=1S/C13H17N/c1-9-7-13-11(8-14-9)3-2-4-12(13)10-5-6-10/h2-4,9-10,14H,5-8H2,1H3. The zero-order chi connectivity index (χ0) is 9.54. The summed E-state index contributed by atoms with van der Waals surface area (Å²) in [4.78, 5) is 0. The molecule has 0 aromatic heterocycles. The second-order valence-corrected chi connectivity index (χ2v) is 4.75. The van der Waals surface area contributed by atoms with Crippen LogP contribution in [0, 0.1) is 0 Å². The van der Waals surface area contributed by atoms with Crippen LogP contribution in [0.3, 0.4) is 0 Å². The molecule has 1 heteroatoms. The van der Waals surface area contributed by atoms with Gasteiger partial charge in [0.15, 0.2) is 0 Å². The zero-order valence-corrected chi connectivity index (χ0v) is 8.72. The quantitative estimate of drug-likeness (QED) is 0.712. The van der Waals surface area contributed by atoms with Crippen molar-refractivity contribution < 1.29 is 0 Å². The summed E-state index contributed by atoms with van der Waals surface area (Å²) in [6, 6.07) is 7.50. The van der Waals surface area contributed by atoms with Crippen molar-refractivity contribution in [2.45, 2.75) is 44.7 Å². The lowest BCUT2D eigenvalue weighted by Gasteiger charge is -2.25. The lowest BCUT2D eigenvalue weighted by Crippen LogP contribution is -2.33. The van der Waals surface area contributed by atoms with Gasteiger partial charge >= 0.3 is 0 Å². The third-order valence-electron chi connectivity index (χ3n) is 3.48. The molecule has 1 heterocycles. The van der Waals surface area contributed by atoms with E-state index in [9.17, 15) is 0 Å². The Morgan fingerprint density at radius 2 is 2.14 bits per heavy atom. The molecule has 1 fully saturated rings. The summed E-state index contributed by atoms with van der Waals surface area (Å²) in [6.07, 6.45) is 4.05. The van der Waals surface area contributed by atoms with E-state index in [0.29, 0.717) is 6.04 Å². The van der Waals surface area contributed by atoms with E-state index in [0.717, 1.165) is 12.5 Å². The molecule has 1 saturated carbocycles. The molecule has 3 rings (SSSR count). The van der Waals surface area contributed by atoms with Crippen molar-refractivity contribution in [3.8, 4) is 0 Å². The molecule has 0 bridgehead atoms. The van der Waals surface area contributed by atoms with Crippen LogP contribution < -0.4 is 5.32 Å². The molecule has 74 valence electrons. The van der Waals surface area contributed by atoms with E-state index in [1.807, 2.05) is 0 Å². The maximum absolute atomic E-state index is 3.52. The number of benzene rings is 1. The third-order valence-corrected chi connectivity index (χ3v) is 3.48. The van der Waals surface area contributed by atoms with E-state index < -0.39 is 0 Å². The molecule has 1 N–H and O–H groups in total. The van der Waals surface area contributed by atoms with Gasteiger partial charge in [-0.15, -0.1) is 0 Å². The summed E-state index contributed by atoms with van der Waals surface area (Å²) >= 11 is 0. The fourth-order valence-electron chi connectivity index (χ4n) is 2.51. The van der Waals surface area contributed by atoms with Gasteiger partial charge in [-0.3, -0.25) is 0 Å². The molecule has 1 aromatic rings. The molecule has 0 spiro atoms. The monoisotopic (exact) mass is 187 g/mol. The number of hydrogen-bond donors (Lipinski definition) is 1. The lowest BCUT2D eigenvalue weighted by molar-refractivity contribution is 0.511. The van der Waals surface area contributed by atoms with Gasteiger partial charge < -0.3 is 5.32 Å². The van der Waals surface area contributed by atoms with Crippen LogP contribution >= 0.6 is 0 Å². The number of rotatable bonds is 1. The molecular formula is C13H17N. The van der Waals surface area contributed by atoms with E-state index in [1.165, 1.54) is 24.8 Å². The SMILES string of the molecule is CC1Cc2c(cccc2C2CC2)CN1. The highest BCUT2D eigenvalue weighted by atomic mass is 14.9. The highest BCUT2D eigenvalue weighted by Crippen LogP contribution is 2.43. The minimum absolute atomic E-state index is 0.655. The molecule has 14 heavy (non-hydrogen) atoms. The van der Waals surface area contributed by atoms with Gasteiger partial charge in [0, 0.05) is 12.6 Å². The van der Waals surface area contributed by atoms with Crippen LogP contribution in [0.1, 0.15) is 42.4 Å². The minimum atomic E-state index is 0.655. The first-order valence-corrected chi connectivity index (χ1v) is 5.68. The van der Waals surface area contributed by atoms with Crippen molar-refractivity contribution >= 4 is 0 Å². The summed E-state index contributed by atoms with van der Waals surface area (Å²) in [5.74, 6) is 0.898. The Morgan fingerprint density at radius 1 is 1.29 bits per heavy atom. The Bertz CT molecular complexity index is 352. The molecule has 1 aliphatic heterocycles. The molecule has 1 aromatic carbocycles. The van der Waals surface area contributed by atoms with Crippen LogP contribution in [0.2, 0.25) is 0 Å². The first-order chi connectivity index (χ1) is 6.84. The first-order valence-electron chi connectivity index (χ1n) is 5.68. The molecule has 1 atom stereocenters. The van der Waals surface area contributed by atoms with Gasteiger partial charge in [-0.25, -0.2) is 0 Å². The average Bonchev–Trinajstić information content (AvgIpc) is 3.00. The molecule has 2 aliphatic rings. The molecule has 1 unspecified atom stereocenters. The molecule has 0 saturated heterocycles. The summed E-state index contributed by atoms with van der Waals surface area (Å²) in [5.41, 5.74) is 4.84. The number of fused-ring (bicyclic) bond motifs is 1. The fourth-order valence-corrected chi connectivity index (χ4v) is 2.51. The summed E-state index contributed by atoms with van der Waals surface area (Å²) < 4.78 is 0. The van der Waals surface area contributed by atoms with Crippen molar-refractivity contribution in [1.82, 2.24) is 5.32 Å². The molecule has 0 amide bonds. The van der Waals surface area contributed by atoms with Crippen LogP contribution in [0.5, 0.6) is 0 Å². The molecule has 1 nitrogen and oxygen atoms in total. The van der Waals surface area contributed by atoms with E-state index in [4.69, 9.17) is 0 Å². The van der Waals surface area contributed by atoms with Crippen molar-refractivity contribution in [3.05, 3.63) is 34.9 Å². The number of hydrogen-bond acceptors (Lipinski definition) is 1. The molecule has 1 aliphatic carbocycles. The second-order valence-electron chi connectivity index (χ2n) is 4.75. The Hall–Kier alpha value is -0.820. The van der Waals surface area contributed by atoms with Crippen molar-refractivity contribution in [2.75, 3.05) is 0 Å². The predicted octanol–water partition coefficient (Wildman–Crippen LogP) is 2.60. The topological polar surface area (TPSA) is 12.0 Å². The smallest absolute Gasteiger partial charge is 0.0210 e. The van der Waals surface area contributed by atoms with Gasteiger partial charge in [0.1, 0.15) is 0 Å². The van der Waals surface area contributed by atoms with Crippen LogP contribution in [0.15, 0.2) is 18.2 Å². The average molecular weight is 187 g/mol. The maximum atomic E-state index is 3.52. The summed E-state index contributed by atoms with van der Waals surface area (Å²) in [6.45, 7) is 3.35. The second kappa shape index (κ2) is 3.09. The van der Waals surface area contributed by atoms with Crippen LogP contribution in [-0.2, 0) is 13.0 Å². The Morgan fingerprint density at radius 3 is 2.93 bits per heavy atom. The maximum Gasteiger partial charge on any atom is 0.0210 e. The first kappa shape index (κ1) is 8.49. The van der Waals surface area contributed by atoms with E-state index in [2.05, 4.69) is 30.4 Å². The predicted molar refractivity (Wildman–Crippen MR) is 58.4 cm³/mol. The van der Waals surface area contributed by atoms with Crippen molar-refractivity contribution in [2.24, 2.45) is 0 Å². The Balaban J connectivity index is 2.04. The highest BCUT2D eigenvalue weighted by Gasteiger charge is 2.28.